The molecule has 1 nitrogen and oxygen atoms in total. The second-order valence-electron chi connectivity index (χ2n) is 5.74. The smallest absolute Gasteiger partial charge is 0.00519 e. The van der Waals surface area contributed by atoms with Gasteiger partial charge in [0.2, 0.25) is 0 Å². The molecule has 1 rings (SSSR count). The summed E-state index contributed by atoms with van der Waals surface area (Å²) in [6.45, 7) is 9.72. The minimum absolute atomic E-state index is 1.04. The standard InChI is InChI=1S/C19H31N/c1-5-17(3)19-15-16(2)12-13-18(19)11-9-7-6-8-10-14-20-4/h12-13,15,20H,3,5-11,14H2,1-2,4H3. The van der Waals surface area contributed by atoms with E-state index in [9.17, 15) is 0 Å². The maximum Gasteiger partial charge on any atom is -0.00519 e. The summed E-state index contributed by atoms with van der Waals surface area (Å²) in [5, 5.41) is 3.21. The fraction of sp³-hybridized carbons (Fsp3) is 0.579. The quantitative estimate of drug-likeness (QED) is 0.583. The number of allylic oxidation sites excluding steroid dienone is 1. The summed E-state index contributed by atoms with van der Waals surface area (Å²) in [5.41, 5.74) is 5.49. The van der Waals surface area contributed by atoms with Gasteiger partial charge in [0.1, 0.15) is 0 Å². The molecule has 0 unspecified atom stereocenters. The molecule has 0 bridgehead atoms. The normalized spacial score (nSPS) is 10.8. The van der Waals surface area contributed by atoms with Crippen LogP contribution in [0.5, 0.6) is 0 Å². The highest BCUT2D eigenvalue weighted by atomic mass is 14.8. The molecule has 1 aromatic carbocycles. The van der Waals surface area contributed by atoms with Crippen molar-refractivity contribution < 1.29 is 0 Å². The van der Waals surface area contributed by atoms with Crippen molar-refractivity contribution in [2.45, 2.75) is 58.8 Å². The Labute approximate surface area is 125 Å². The molecule has 20 heavy (non-hydrogen) atoms. The highest BCUT2D eigenvalue weighted by Crippen LogP contribution is 2.23. The molecule has 0 aromatic heterocycles. The molecular weight excluding hydrogens is 242 g/mol. The molecule has 0 fully saturated rings. The summed E-state index contributed by atoms with van der Waals surface area (Å²) < 4.78 is 0. The Morgan fingerprint density at radius 1 is 1.10 bits per heavy atom. The molecule has 1 N–H and O–H groups in total. The van der Waals surface area contributed by atoms with Crippen LogP contribution in [-0.4, -0.2) is 13.6 Å². The van der Waals surface area contributed by atoms with Gasteiger partial charge >= 0.3 is 0 Å². The number of unbranched alkanes of at least 4 members (excludes halogenated alkanes) is 4. The van der Waals surface area contributed by atoms with E-state index in [4.69, 9.17) is 0 Å². The minimum Gasteiger partial charge on any atom is -0.320 e. The fourth-order valence-electron chi connectivity index (χ4n) is 2.58. The lowest BCUT2D eigenvalue weighted by molar-refractivity contribution is 0.597. The van der Waals surface area contributed by atoms with Crippen LogP contribution in [-0.2, 0) is 6.42 Å². The first-order valence-corrected chi connectivity index (χ1v) is 8.11. The van der Waals surface area contributed by atoms with Gasteiger partial charge in [-0.25, -0.2) is 0 Å². The van der Waals surface area contributed by atoms with Crippen LogP contribution in [0, 0.1) is 6.92 Å². The summed E-state index contributed by atoms with van der Waals surface area (Å²) in [4.78, 5) is 0. The number of aryl methyl sites for hydroxylation is 2. The molecular formula is C19H31N. The lowest BCUT2D eigenvalue weighted by Gasteiger charge is -2.12. The highest BCUT2D eigenvalue weighted by Gasteiger charge is 2.05. The molecule has 1 heteroatoms. The molecule has 0 radical (unpaired) electrons. The van der Waals surface area contributed by atoms with Gasteiger partial charge in [-0.2, -0.15) is 0 Å². The third-order valence-corrected chi connectivity index (χ3v) is 3.95. The van der Waals surface area contributed by atoms with Gasteiger partial charge in [0.15, 0.2) is 0 Å². The number of benzene rings is 1. The van der Waals surface area contributed by atoms with E-state index in [-0.39, 0.29) is 0 Å². The van der Waals surface area contributed by atoms with Crippen LogP contribution < -0.4 is 5.32 Å². The summed E-state index contributed by atoms with van der Waals surface area (Å²) in [6, 6.07) is 6.83. The third-order valence-electron chi connectivity index (χ3n) is 3.95. The number of rotatable bonds is 10. The Hall–Kier alpha value is -1.08. The molecule has 0 saturated carbocycles. The summed E-state index contributed by atoms with van der Waals surface area (Å²) >= 11 is 0. The second kappa shape index (κ2) is 9.77. The van der Waals surface area contributed by atoms with E-state index in [2.05, 4.69) is 43.9 Å². The Morgan fingerprint density at radius 3 is 2.50 bits per heavy atom. The molecule has 0 heterocycles. The molecule has 0 saturated heterocycles. The molecule has 0 spiro atoms. The van der Waals surface area contributed by atoms with Crippen LogP contribution in [0.1, 0.15) is 62.1 Å². The van der Waals surface area contributed by atoms with Crippen LogP contribution in [0.15, 0.2) is 24.8 Å². The van der Waals surface area contributed by atoms with Crippen molar-refractivity contribution in [1.29, 1.82) is 0 Å². The Morgan fingerprint density at radius 2 is 1.80 bits per heavy atom. The van der Waals surface area contributed by atoms with Crippen molar-refractivity contribution >= 4 is 5.57 Å². The van der Waals surface area contributed by atoms with Gasteiger partial charge in [0, 0.05) is 0 Å². The molecule has 112 valence electrons. The molecule has 0 aliphatic carbocycles. The van der Waals surface area contributed by atoms with Crippen LogP contribution in [0.3, 0.4) is 0 Å². The van der Waals surface area contributed by atoms with Crippen LogP contribution in [0.4, 0.5) is 0 Å². The Kier molecular flexibility index (Phi) is 8.29. The zero-order valence-electron chi connectivity index (χ0n) is 13.6. The van der Waals surface area contributed by atoms with E-state index in [1.165, 1.54) is 60.8 Å². The zero-order valence-corrected chi connectivity index (χ0v) is 13.6. The van der Waals surface area contributed by atoms with Crippen LogP contribution >= 0.6 is 0 Å². The van der Waals surface area contributed by atoms with E-state index < -0.39 is 0 Å². The minimum atomic E-state index is 1.04. The van der Waals surface area contributed by atoms with E-state index >= 15 is 0 Å². The Balaban J connectivity index is 2.41. The van der Waals surface area contributed by atoms with Gasteiger partial charge in [-0.05, 0) is 62.9 Å². The lowest BCUT2D eigenvalue weighted by atomic mass is 9.93. The van der Waals surface area contributed by atoms with Gasteiger partial charge in [-0.15, -0.1) is 0 Å². The van der Waals surface area contributed by atoms with Gasteiger partial charge in [-0.3, -0.25) is 0 Å². The maximum absolute atomic E-state index is 4.22. The van der Waals surface area contributed by atoms with Gasteiger partial charge < -0.3 is 5.32 Å². The van der Waals surface area contributed by atoms with E-state index in [1.807, 2.05) is 7.05 Å². The van der Waals surface area contributed by atoms with Crippen molar-refractivity contribution in [3.8, 4) is 0 Å². The summed E-state index contributed by atoms with van der Waals surface area (Å²) in [7, 11) is 2.03. The largest absolute Gasteiger partial charge is 0.320 e. The van der Waals surface area contributed by atoms with Crippen LogP contribution in [0.2, 0.25) is 0 Å². The SMILES string of the molecule is C=C(CC)c1cc(C)ccc1CCCCCCCNC. The first kappa shape index (κ1) is 17.0. The molecule has 0 amide bonds. The first-order chi connectivity index (χ1) is 9.69. The third kappa shape index (κ3) is 5.92. The molecule has 0 aliphatic rings. The van der Waals surface area contributed by atoms with Gasteiger partial charge in [0.25, 0.3) is 0 Å². The average Bonchev–Trinajstić information content (AvgIpc) is 2.46. The number of hydrogen-bond donors (Lipinski definition) is 1. The van der Waals surface area contributed by atoms with Gasteiger partial charge in [0.05, 0.1) is 0 Å². The molecule has 1 aromatic rings. The monoisotopic (exact) mass is 273 g/mol. The van der Waals surface area contributed by atoms with Crippen LogP contribution in [0.25, 0.3) is 5.57 Å². The predicted octanol–water partition coefficient (Wildman–Crippen LogP) is 5.13. The van der Waals surface area contributed by atoms with Crippen molar-refractivity contribution in [2.75, 3.05) is 13.6 Å². The van der Waals surface area contributed by atoms with E-state index in [0.717, 1.165) is 13.0 Å². The summed E-state index contributed by atoms with van der Waals surface area (Å²) in [6.07, 6.45) is 8.89. The van der Waals surface area contributed by atoms with Gasteiger partial charge in [-0.1, -0.05) is 56.5 Å². The Bertz CT molecular complexity index is 406. The first-order valence-electron chi connectivity index (χ1n) is 8.11. The fourth-order valence-corrected chi connectivity index (χ4v) is 2.58. The average molecular weight is 273 g/mol. The second-order valence-corrected chi connectivity index (χ2v) is 5.74. The highest BCUT2D eigenvalue weighted by molar-refractivity contribution is 5.66. The van der Waals surface area contributed by atoms with Crippen molar-refractivity contribution in [3.63, 3.8) is 0 Å². The van der Waals surface area contributed by atoms with Crippen molar-refractivity contribution in [2.24, 2.45) is 0 Å². The topological polar surface area (TPSA) is 12.0 Å². The van der Waals surface area contributed by atoms with Crippen molar-refractivity contribution in [1.82, 2.24) is 5.32 Å². The number of hydrogen-bond acceptors (Lipinski definition) is 1. The number of nitrogens with one attached hydrogen (secondary N) is 1. The molecule has 0 atom stereocenters. The lowest BCUT2D eigenvalue weighted by Crippen LogP contribution is -2.06. The molecule has 0 aliphatic heterocycles. The van der Waals surface area contributed by atoms with Crippen molar-refractivity contribution in [3.05, 3.63) is 41.5 Å². The maximum atomic E-state index is 4.22. The zero-order chi connectivity index (χ0) is 14.8. The van der Waals surface area contributed by atoms with E-state index in [0.29, 0.717) is 0 Å². The van der Waals surface area contributed by atoms with E-state index in [1.54, 1.807) is 0 Å². The predicted molar refractivity (Wildman–Crippen MR) is 91.2 cm³/mol. The summed E-state index contributed by atoms with van der Waals surface area (Å²) in [5.74, 6) is 0.